The van der Waals surface area contributed by atoms with Gasteiger partial charge < -0.3 is 10.1 Å². The monoisotopic (exact) mass is 442 g/mol. The van der Waals surface area contributed by atoms with Crippen molar-refractivity contribution in [3.63, 3.8) is 0 Å². The second-order valence-corrected chi connectivity index (χ2v) is 9.17. The van der Waals surface area contributed by atoms with Gasteiger partial charge in [-0.15, -0.1) is 0 Å². The summed E-state index contributed by atoms with van der Waals surface area (Å²) >= 11 is 0. The van der Waals surface area contributed by atoms with Gasteiger partial charge in [0.2, 0.25) is 10.0 Å². The van der Waals surface area contributed by atoms with Gasteiger partial charge in [-0.25, -0.2) is 22.8 Å². The first-order chi connectivity index (χ1) is 14.9. The Bertz CT molecular complexity index is 1200. The van der Waals surface area contributed by atoms with E-state index in [2.05, 4.69) is 15.3 Å². The molecule has 1 aromatic carbocycles. The molecule has 31 heavy (non-hydrogen) atoms. The Morgan fingerprint density at radius 1 is 1.19 bits per heavy atom. The molecule has 0 amide bonds. The Kier molecular flexibility index (Phi) is 5.88. The van der Waals surface area contributed by atoms with Crippen molar-refractivity contribution in [3.8, 4) is 5.75 Å². The van der Waals surface area contributed by atoms with E-state index >= 15 is 0 Å². The Morgan fingerprint density at radius 3 is 2.81 bits per heavy atom. The first-order valence-corrected chi connectivity index (χ1v) is 11.3. The van der Waals surface area contributed by atoms with Crippen LogP contribution in [-0.2, 0) is 10.0 Å². The van der Waals surface area contributed by atoms with E-state index in [1.165, 1.54) is 23.5 Å². The molecule has 0 aliphatic carbocycles. The van der Waals surface area contributed by atoms with E-state index in [1.54, 1.807) is 18.3 Å². The summed E-state index contributed by atoms with van der Waals surface area (Å²) in [4.78, 5) is 8.78. The van der Waals surface area contributed by atoms with Crippen LogP contribution in [0.25, 0.3) is 0 Å². The van der Waals surface area contributed by atoms with E-state index in [1.807, 2.05) is 25.1 Å². The summed E-state index contributed by atoms with van der Waals surface area (Å²) < 4.78 is 47.2. The molecular formula is C22H23FN4O3S. The van der Waals surface area contributed by atoms with Crippen LogP contribution in [0.4, 0.5) is 16.0 Å². The number of nitrogens with one attached hydrogen (secondary N) is 1. The van der Waals surface area contributed by atoms with Gasteiger partial charge in [-0.3, -0.25) is 0 Å². The Labute approximate surface area is 181 Å². The average molecular weight is 443 g/mol. The summed E-state index contributed by atoms with van der Waals surface area (Å²) in [5, 5.41) is 3.19. The number of aryl methyl sites for hydroxylation is 1. The maximum atomic E-state index is 13.8. The van der Waals surface area contributed by atoms with Crippen molar-refractivity contribution >= 4 is 21.7 Å². The van der Waals surface area contributed by atoms with Crippen LogP contribution < -0.4 is 10.1 Å². The predicted octanol–water partition coefficient (Wildman–Crippen LogP) is 4.20. The highest BCUT2D eigenvalue weighted by molar-refractivity contribution is 7.89. The van der Waals surface area contributed by atoms with Crippen LogP contribution in [0.3, 0.4) is 0 Å². The van der Waals surface area contributed by atoms with Gasteiger partial charge >= 0.3 is 0 Å². The molecule has 1 fully saturated rings. The highest BCUT2D eigenvalue weighted by Gasteiger charge is 2.38. The molecule has 1 aliphatic rings. The van der Waals surface area contributed by atoms with Crippen molar-refractivity contribution in [2.45, 2.75) is 30.7 Å². The fourth-order valence-corrected chi connectivity index (χ4v) is 5.58. The van der Waals surface area contributed by atoms with Gasteiger partial charge in [-0.05, 0) is 61.7 Å². The maximum absolute atomic E-state index is 13.8. The number of hydrogen-bond acceptors (Lipinski definition) is 6. The van der Waals surface area contributed by atoms with Gasteiger partial charge in [0.25, 0.3) is 0 Å². The van der Waals surface area contributed by atoms with E-state index in [0.717, 1.165) is 11.6 Å². The molecule has 0 unspecified atom stereocenters. The first-order valence-electron chi connectivity index (χ1n) is 9.91. The zero-order valence-electron chi connectivity index (χ0n) is 17.2. The van der Waals surface area contributed by atoms with Gasteiger partial charge in [0.1, 0.15) is 28.1 Å². The number of hydrogen-bond donors (Lipinski definition) is 1. The number of nitrogens with zero attached hydrogens (tertiary/aromatic N) is 3. The summed E-state index contributed by atoms with van der Waals surface area (Å²) in [6.45, 7) is 2.27. The van der Waals surface area contributed by atoms with Crippen LogP contribution in [0.15, 0.2) is 59.6 Å². The van der Waals surface area contributed by atoms with Crippen molar-refractivity contribution in [3.05, 3.63) is 71.8 Å². The predicted molar refractivity (Wildman–Crippen MR) is 115 cm³/mol. The fraction of sp³-hybridized carbons (Fsp3) is 0.273. The molecule has 0 radical (unpaired) electrons. The Morgan fingerprint density at radius 2 is 2.03 bits per heavy atom. The van der Waals surface area contributed by atoms with Crippen molar-refractivity contribution in [1.82, 2.24) is 14.3 Å². The number of halogens is 1. The molecule has 1 atom stereocenters. The number of benzene rings is 1. The van der Waals surface area contributed by atoms with E-state index in [0.29, 0.717) is 36.7 Å². The lowest BCUT2D eigenvalue weighted by atomic mass is 10.1. The largest absolute Gasteiger partial charge is 0.495 e. The number of aromatic nitrogens is 2. The normalized spacial score (nSPS) is 16.9. The molecule has 2 aromatic heterocycles. The number of rotatable bonds is 6. The molecule has 7 nitrogen and oxygen atoms in total. The van der Waals surface area contributed by atoms with Crippen LogP contribution in [0.2, 0.25) is 0 Å². The molecule has 1 saturated heterocycles. The Balaban J connectivity index is 1.66. The van der Waals surface area contributed by atoms with Gasteiger partial charge in [-0.1, -0.05) is 12.1 Å². The summed E-state index contributed by atoms with van der Waals surface area (Å²) in [6, 6.07) is 12.3. The van der Waals surface area contributed by atoms with Gasteiger partial charge in [0.15, 0.2) is 0 Å². The van der Waals surface area contributed by atoms with E-state index in [9.17, 15) is 12.8 Å². The molecule has 9 heteroatoms. The molecule has 0 saturated carbocycles. The minimum absolute atomic E-state index is 0.112. The summed E-state index contributed by atoms with van der Waals surface area (Å²) in [6.07, 6.45) is 2.99. The van der Waals surface area contributed by atoms with Crippen molar-refractivity contribution in [2.24, 2.45) is 0 Å². The van der Waals surface area contributed by atoms with E-state index in [-0.39, 0.29) is 10.6 Å². The van der Waals surface area contributed by atoms with Gasteiger partial charge in [0, 0.05) is 12.7 Å². The first kappa shape index (κ1) is 21.2. The smallest absolute Gasteiger partial charge is 0.247 e. The van der Waals surface area contributed by atoms with Crippen LogP contribution >= 0.6 is 0 Å². The number of pyridine rings is 2. The van der Waals surface area contributed by atoms with Crippen molar-refractivity contribution in [1.29, 1.82) is 0 Å². The summed E-state index contributed by atoms with van der Waals surface area (Å²) in [7, 11) is -2.62. The van der Waals surface area contributed by atoms with Crippen LogP contribution in [0.5, 0.6) is 5.75 Å². The lowest BCUT2D eigenvalue weighted by Crippen LogP contribution is -2.31. The molecule has 1 N–H and O–H groups in total. The van der Waals surface area contributed by atoms with Crippen LogP contribution in [0, 0.1) is 12.7 Å². The number of methoxy groups -OCH3 is 1. The topological polar surface area (TPSA) is 84.4 Å². The second-order valence-electron chi connectivity index (χ2n) is 7.31. The van der Waals surface area contributed by atoms with Gasteiger partial charge in [-0.2, -0.15) is 4.31 Å². The van der Waals surface area contributed by atoms with E-state index < -0.39 is 21.9 Å². The van der Waals surface area contributed by atoms with Crippen LogP contribution in [0.1, 0.15) is 30.1 Å². The summed E-state index contributed by atoms with van der Waals surface area (Å²) in [5.41, 5.74) is 1.59. The lowest BCUT2D eigenvalue weighted by molar-refractivity contribution is 0.376. The van der Waals surface area contributed by atoms with Crippen molar-refractivity contribution < 1.29 is 17.5 Å². The highest BCUT2D eigenvalue weighted by atomic mass is 32.2. The van der Waals surface area contributed by atoms with Crippen LogP contribution in [-0.4, -0.2) is 36.3 Å². The number of anilines is 2. The molecule has 3 aromatic rings. The standard InChI is InChI=1S/C22H23FN4O3S/c1-15-6-4-12-24-22(15)26-21-9-3-7-17(25-21)18-8-5-13-27(18)31(28,29)20-14-16(23)10-11-19(20)30-2/h3-4,6-7,9-12,14,18H,5,8,13H2,1-2H3,(H,24,25,26)/t18-/m1/s1. The minimum Gasteiger partial charge on any atom is -0.495 e. The molecule has 4 rings (SSSR count). The third-order valence-corrected chi connectivity index (χ3v) is 7.21. The third-order valence-electron chi connectivity index (χ3n) is 5.28. The van der Waals surface area contributed by atoms with Crippen molar-refractivity contribution in [2.75, 3.05) is 19.0 Å². The average Bonchev–Trinajstić information content (AvgIpc) is 3.27. The molecule has 0 bridgehead atoms. The molecule has 1 aliphatic heterocycles. The molecule has 162 valence electrons. The van der Waals surface area contributed by atoms with E-state index in [4.69, 9.17) is 4.74 Å². The zero-order chi connectivity index (χ0) is 22.0. The second kappa shape index (κ2) is 8.60. The summed E-state index contributed by atoms with van der Waals surface area (Å²) in [5.74, 6) is 0.741. The quantitative estimate of drug-likeness (QED) is 0.616. The number of ether oxygens (including phenoxy) is 1. The highest BCUT2D eigenvalue weighted by Crippen LogP contribution is 2.38. The lowest BCUT2D eigenvalue weighted by Gasteiger charge is -2.25. The Hall–Kier alpha value is -3.04. The fourth-order valence-electron chi connectivity index (χ4n) is 3.75. The zero-order valence-corrected chi connectivity index (χ0v) is 18.1. The SMILES string of the molecule is COc1ccc(F)cc1S(=O)(=O)N1CCC[C@@H]1c1cccc(Nc2ncccc2C)n1. The molecule has 3 heterocycles. The molecular weight excluding hydrogens is 419 g/mol. The molecule has 0 spiro atoms. The van der Waals surface area contributed by atoms with Gasteiger partial charge in [0.05, 0.1) is 18.8 Å². The minimum atomic E-state index is -3.98. The third kappa shape index (κ3) is 4.24. The maximum Gasteiger partial charge on any atom is 0.247 e. The number of sulfonamides is 1.